The minimum Gasteiger partial charge on any atom is -0.336 e. The third kappa shape index (κ3) is 3.82. The Morgan fingerprint density at radius 2 is 1.86 bits per heavy atom. The van der Waals surface area contributed by atoms with Gasteiger partial charge in [0.05, 0.1) is 30.5 Å². The highest BCUT2D eigenvalue weighted by molar-refractivity contribution is 7.89. The van der Waals surface area contributed by atoms with Gasteiger partial charge in [-0.2, -0.15) is 4.31 Å². The number of imidazole rings is 1. The van der Waals surface area contributed by atoms with Crippen molar-refractivity contribution in [3.63, 3.8) is 0 Å². The number of hydrogen-bond acceptors (Lipinski definition) is 6. The fourth-order valence-corrected chi connectivity index (χ4v) is 6.44. The van der Waals surface area contributed by atoms with Crippen LogP contribution in [0.4, 0.5) is 0 Å². The van der Waals surface area contributed by atoms with Gasteiger partial charge in [-0.25, -0.2) is 22.9 Å². The first-order chi connectivity index (χ1) is 17.4. The largest absolute Gasteiger partial charge is 0.336 e. The molecule has 36 heavy (non-hydrogen) atoms. The lowest BCUT2D eigenvalue weighted by molar-refractivity contribution is -0.137. The standard InChI is InChI=1S/C24H25N7O4S/c32-23(17-6-10-30(11-7-17)36(34,35)22-13-25-15-26-22)29-9-8-18-20(14-29)27-21-12-19(28-31(21)24(18)33)16-4-2-1-3-5-16/h1-5,12-13,15,17,28H,6-11,14H2,(H,25,26). The molecule has 0 aliphatic carbocycles. The predicted molar refractivity (Wildman–Crippen MR) is 130 cm³/mol. The van der Waals surface area contributed by atoms with Crippen LogP contribution in [-0.2, 0) is 27.8 Å². The van der Waals surface area contributed by atoms with Gasteiger partial charge in [0.25, 0.3) is 15.6 Å². The molecule has 1 fully saturated rings. The molecular formula is C24H25N7O4S. The van der Waals surface area contributed by atoms with Crippen molar-refractivity contribution in [3.8, 4) is 11.3 Å². The molecule has 0 saturated carbocycles. The monoisotopic (exact) mass is 507 g/mol. The molecule has 0 bridgehead atoms. The second kappa shape index (κ2) is 8.71. The topological polar surface area (TPSA) is 137 Å². The van der Waals surface area contributed by atoms with Gasteiger partial charge in [0.15, 0.2) is 10.7 Å². The lowest BCUT2D eigenvalue weighted by Crippen LogP contribution is -2.46. The fourth-order valence-electron chi connectivity index (χ4n) is 5.07. The molecule has 2 aliphatic heterocycles. The molecule has 12 heteroatoms. The Bertz CT molecular complexity index is 1580. The molecule has 0 unspecified atom stereocenters. The smallest absolute Gasteiger partial charge is 0.276 e. The van der Waals surface area contributed by atoms with Crippen LogP contribution >= 0.6 is 0 Å². The van der Waals surface area contributed by atoms with E-state index in [9.17, 15) is 18.0 Å². The summed E-state index contributed by atoms with van der Waals surface area (Å²) in [5.41, 5.74) is 3.38. The van der Waals surface area contributed by atoms with E-state index in [4.69, 9.17) is 4.98 Å². The number of hydrogen-bond donors (Lipinski definition) is 2. The molecule has 5 heterocycles. The number of aromatic amines is 2. The van der Waals surface area contributed by atoms with Crippen LogP contribution in [0.25, 0.3) is 16.9 Å². The lowest BCUT2D eigenvalue weighted by atomic mass is 9.95. The van der Waals surface area contributed by atoms with Crippen molar-refractivity contribution in [3.05, 3.63) is 70.5 Å². The number of rotatable bonds is 4. The number of amides is 1. The molecule has 1 amide bonds. The molecule has 186 valence electrons. The molecule has 0 spiro atoms. The minimum atomic E-state index is -3.64. The third-order valence-electron chi connectivity index (χ3n) is 7.06. The average Bonchev–Trinajstić information content (AvgIpc) is 3.60. The van der Waals surface area contributed by atoms with Crippen LogP contribution in [0.1, 0.15) is 24.1 Å². The highest BCUT2D eigenvalue weighted by atomic mass is 32.2. The van der Waals surface area contributed by atoms with Crippen molar-refractivity contribution in [2.24, 2.45) is 5.92 Å². The van der Waals surface area contributed by atoms with Gasteiger partial charge in [0, 0.05) is 37.2 Å². The van der Waals surface area contributed by atoms with Crippen molar-refractivity contribution in [1.82, 2.24) is 33.8 Å². The summed E-state index contributed by atoms with van der Waals surface area (Å²) >= 11 is 0. The quantitative estimate of drug-likeness (QED) is 0.429. The molecule has 3 aromatic heterocycles. The summed E-state index contributed by atoms with van der Waals surface area (Å²) in [6.45, 7) is 1.26. The van der Waals surface area contributed by atoms with Crippen molar-refractivity contribution < 1.29 is 13.2 Å². The minimum absolute atomic E-state index is 0.0136. The van der Waals surface area contributed by atoms with Crippen LogP contribution in [0.3, 0.4) is 0 Å². The fraction of sp³-hybridized carbons (Fsp3) is 0.333. The van der Waals surface area contributed by atoms with E-state index in [1.807, 2.05) is 36.4 Å². The summed E-state index contributed by atoms with van der Waals surface area (Å²) in [5.74, 6) is -0.276. The van der Waals surface area contributed by atoms with Crippen molar-refractivity contribution in [2.75, 3.05) is 19.6 Å². The second-order valence-corrected chi connectivity index (χ2v) is 11.1. The van der Waals surface area contributed by atoms with Crippen LogP contribution in [0, 0.1) is 5.92 Å². The summed E-state index contributed by atoms with van der Waals surface area (Å²) < 4.78 is 28.3. The highest BCUT2D eigenvalue weighted by Crippen LogP contribution is 2.26. The van der Waals surface area contributed by atoms with E-state index in [0.29, 0.717) is 42.7 Å². The van der Waals surface area contributed by atoms with Gasteiger partial charge in [-0.05, 0) is 24.8 Å². The Kier molecular flexibility index (Phi) is 5.49. The molecular weight excluding hydrogens is 482 g/mol. The van der Waals surface area contributed by atoms with Gasteiger partial charge < -0.3 is 9.88 Å². The average molecular weight is 508 g/mol. The molecule has 0 atom stereocenters. The zero-order valence-electron chi connectivity index (χ0n) is 19.4. The number of H-pyrrole nitrogens is 2. The number of fused-ring (bicyclic) bond motifs is 2. The number of piperidine rings is 1. The van der Waals surface area contributed by atoms with Crippen molar-refractivity contribution in [1.29, 1.82) is 0 Å². The normalized spacial score (nSPS) is 17.4. The summed E-state index contributed by atoms with van der Waals surface area (Å²) in [4.78, 5) is 39.4. The first-order valence-corrected chi connectivity index (χ1v) is 13.3. The van der Waals surface area contributed by atoms with Gasteiger partial charge in [0.2, 0.25) is 5.91 Å². The predicted octanol–water partition coefficient (Wildman–Crippen LogP) is 1.40. The number of carbonyl (C=O) groups is 1. The maximum absolute atomic E-state index is 13.3. The molecule has 6 rings (SSSR count). The molecule has 1 saturated heterocycles. The molecule has 0 radical (unpaired) electrons. The van der Waals surface area contributed by atoms with Gasteiger partial charge in [-0.3, -0.25) is 14.7 Å². The van der Waals surface area contributed by atoms with E-state index in [1.54, 1.807) is 4.90 Å². The van der Waals surface area contributed by atoms with E-state index in [0.717, 1.165) is 11.3 Å². The third-order valence-corrected chi connectivity index (χ3v) is 8.88. The Hall–Kier alpha value is -3.77. The molecule has 1 aromatic carbocycles. The number of aromatic nitrogens is 5. The highest BCUT2D eigenvalue weighted by Gasteiger charge is 2.35. The van der Waals surface area contributed by atoms with E-state index in [-0.39, 0.29) is 42.0 Å². The van der Waals surface area contributed by atoms with Crippen LogP contribution in [-0.4, -0.2) is 67.7 Å². The van der Waals surface area contributed by atoms with Crippen LogP contribution < -0.4 is 5.56 Å². The second-order valence-electron chi connectivity index (χ2n) is 9.18. The SMILES string of the molecule is O=C(C1CCN(S(=O)(=O)c2cnc[nH]2)CC1)N1CCc2c(nc3cc(-c4ccccc4)[nH]n3c2=O)C1. The van der Waals surface area contributed by atoms with Crippen molar-refractivity contribution >= 4 is 21.6 Å². The van der Waals surface area contributed by atoms with Gasteiger partial charge in [-0.15, -0.1) is 0 Å². The Morgan fingerprint density at radius 1 is 1.08 bits per heavy atom. The van der Waals surface area contributed by atoms with Crippen molar-refractivity contribution in [2.45, 2.75) is 30.8 Å². The van der Waals surface area contributed by atoms with E-state index in [1.165, 1.54) is 21.3 Å². The first-order valence-electron chi connectivity index (χ1n) is 11.9. The Labute approximate surface area is 206 Å². The maximum atomic E-state index is 13.3. The molecule has 2 aliphatic rings. The first kappa shape index (κ1) is 22.7. The lowest BCUT2D eigenvalue weighted by Gasteiger charge is -2.35. The summed E-state index contributed by atoms with van der Waals surface area (Å²) in [6, 6.07) is 11.6. The Morgan fingerprint density at radius 3 is 2.58 bits per heavy atom. The van der Waals surface area contributed by atoms with E-state index >= 15 is 0 Å². The number of carbonyl (C=O) groups excluding carboxylic acids is 1. The van der Waals surface area contributed by atoms with Gasteiger partial charge in [0.1, 0.15) is 0 Å². The number of nitrogens with one attached hydrogen (secondary N) is 2. The number of sulfonamides is 1. The molecule has 2 N–H and O–H groups in total. The van der Waals surface area contributed by atoms with Crippen LogP contribution in [0.15, 0.2) is 58.7 Å². The molecule has 11 nitrogen and oxygen atoms in total. The Balaban J connectivity index is 1.18. The maximum Gasteiger partial charge on any atom is 0.276 e. The van der Waals surface area contributed by atoms with Crippen LogP contribution in [0.2, 0.25) is 0 Å². The summed E-state index contributed by atoms with van der Waals surface area (Å²) in [5, 5.41) is 3.20. The van der Waals surface area contributed by atoms with Crippen LogP contribution in [0.5, 0.6) is 0 Å². The number of benzene rings is 1. The molecule has 4 aromatic rings. The van der Waals surface area contributed by atoms with E-state index < -0.39 is 10.0 Å². The summed E-state index contributed by atoms with van der Waals surface area (Å²) in [7, 11) is -3.64. The zero-order chi connectivity index (χ0) is 24.9. The summed E-state index contributed by atoms with van der Waals surface area (Å²) in [6.07, 6.45) is 3.95. The van der Waals surface area contributed by atoms with E-state index in [2.05, 4.69) is 15.1 Å². The zero-order valence-corrected chi connectivity index (χ0v) is 20.2. The number of nitrogens with zero attached hydrogens (tertiary/aromatic N) is 5. The van der Waals surface area contributed by atoms with Gasteiger partial charge >= 0.3 is 0 Å². The van der Waals surface area contributed by atoms with Gasteiger partial charge in [-0.1, -0.05) is 30.3 Å².